The number of nitrogens with zero attached hydrogens (tertiary/aromatic N) is 2. The number of likely N-dealkylation sites (tertiary alicyclic amines) is 1. The average Bonchev–Trinajstić information content (AvgIpc) is 2.93. The molecule has 0 saturated carbocycles. The molecule has 1 aliphatic rings. The van der Waals surface area contributed by atoms with Gasteiger partial charge in [0.15, 0.2) is 0 Å². The molecule has 18 heavy (non-hydrogen) atoms. The Morgan fingerprint density at radius 1 is 1.33 bits per heavy atom. The van der Waals surface area contributed by atoms with Crippen LogP contribution in [0.5, 0.6) is 0 Å². The molecule has 1 aliphatic heterocycles. The van der Waals surface area contributed by atoms with Gasteiger partial charge in [-0.1, -0.05) is 18.2 Å². The van der Waals surface area contributed by atoms with E-state index in [4.69, 9.17) is 5.26 Å². The molecule has 1 atom stereocenters. The summed E-state index contributed by atoms with van der Waals surface area (Å²) in [4.78, 5) is 2.53. The predicted molar refractivity (Wildman–Crippen MR) is 73.1 cm³/mol. The zero-order valence-corrected chi connectivity index (χ0v) is 11.0. The van der Waals surface area contributed by atoms with Gasteiger partial charge in [0.05, 0.1) is 11.6 Å². The molecule has 1 unspecified atom stereocenters. The first-order valence-corrected chi connectivity index (χ1v) is 6.74. The molecule has 1 aromatic rings. The summed E-state index contributed by atoms with van der Waals surface area (Å²) in [5.41, 5.74) is 1.87. The van der Waals surface area contributed by atoms with E-state index in [-0.39, 0.29) is 0 Å². The molecule has 2 rings (SSSR count). The molecule has 0 bridgehead atoms. The highest BCUT2D eigenvalue weighted by Crippen LogP contribution is 2.11. The highest BCUT2D eigenvalue weighted by Gasteiger charge is 2.17. The Balaban J connectivity index is 1.79. The molecule has 0 spiro atoms. The number of rotatable bonds is 5. The van der Waals surface area contributed by atoms with E-state index < -0.39 is 0 Å². The number of hydrogen-bond donors (Lipinski definition) is 1. The Hall–Kier alpha value is -1.37. The molecule has 0 amide bonds. The van der Waals surface area contributed by atoms with Crippen LogP contribution in [0.1, 0.15) is 30.9 Å². The van der Waals surface area contributed by atoms with Crippen LogP contribution in [0, 0.1) is 11.3 Å². The average molecular weight is 243 g/mol. The smallest absolute Gasteiger partial charge is 0.0995 e. The van der Waals surface area contributed by atoms with Crippen molar-refractivity contribution in [2.75, 3.05) is 19.6 Å². The van der Waals surface area contributed by atoms with Gasteiger partial charge in [-0.15, -0.1) is 0 Å². The number of benzene rings is 1. The number of hydrogen-bond acceptors (Lipinski definition) is 3. The summed E-state index contributed by atoms with van der Waals surface area (Å²) < 4.78 is 0. The summed E-state index contributed by atoms with van der Waals surface area (Å²) in [6.45, 7) is 6.51. The number of nitriles is 1. The van der Waals surface area contributed by atoms with Crippen molar-refractivity contribution in [2.24, 2.45) is 0 Å². The van der Waals surface area contributed by atoms with E-state index in [2.05, 4.69) is 23.2 Å². The largest absolute Gasteiger partial charge is 0.311 e. The summed E-state index contributed by atoms with van der Waals surface area (Å²) in [7, 11) is 0. The normalized spacial score (nSPS) is 17.6. The molecule has 0 aliphatic carbocycles. The van der Waals surface area contributed by atoms with Crippen LogP contribution in [-0.4, -0.2) is 30.6 Å². The van der Waals surface area contributed by atoms with Crippen molar-refractivity contribution in [1.82, 2.24) is 10.2 Å². The van der Waals surface area contributed by atoms with Gasteiger partial charge in [-0.05, 0) is 44.5 Å². The topological polar surface area (TPSA) is 39.1 Å². The molecule has 0 radical (unpaired) electrons. The van der Waals surface area contributed by atoms with Crippen molar-refractivity contribution in [2.45, 2.75) is 32.4 Å². The second-order valence-corrected chi connectivity index (χ2v) is 4.99. The minimum atomic E-state index is 0.585. The fourth-order valence-electron chi connectivity index (χ4n) is 2.51. The first kappa shape index (κ1) is 13.1. The molecular weight excluding hydrogens is 222 g/mol. The lowest BCUT2D eigenvalue weighted by molar-refractivity contribution is 0.251. The zero-order chi connectivity index (χ0) is 12.8. The molecule has 96 valence electrons. The van der Waals surface area contributed by atoms with Crippen molar-refractivity contribution >= 4 is 0 Å². The van der Waals surface area contributed by atoms with Gasteiger partial charge in [0.2, 0.25) is 0 Å². The third-order valence-electron chi connectivity index (χ3n) is 3.66. The van der Waals surface area contributed by atoms with Crippen LogP contribution >= 0.6 is 0 Å². The SMILES string of the molecule is CC(CNCc1ccccc1C#N)N1CCCC1. The fraction of sp³-hybridized carbons (Fsp3) is 0.533. The van der Waals surface area contributed by atoms with Crippen LogP contribution in [0.2, 0.25) is 0 Å². The maximum Gasteiger partial charge on any atom is 0.0995 e. The molecule has 1 N–H and O–H groups in total. The molecule has 1 heterocycles. The molecule has 0 aromatic heterocycles. The van der Waals surface area contributed by atoms with E-state index in [1.807, 2.05) is 24.3 Å². The molecule has 1 fully saturated rings. The summed E-state index contributed by atoms with van der Waals surface area (Å²) in [6.07, 6.45) is 2.67. The van der Waals surface area contributed by atoms with Crippen LogP contribution in [-0.2, 0) is 6.54 Å². The lowest BCUT2D eigenvalue weighted by Crippen LogP contribution is -2.38. The van der Waals surface area contributed by atoms with E-state index in [9.17, 15) is 0 Å². The van der Waals surface area contributed by atoms with Gasteiger partial charge in [0, 0.05) is 19.1 Å². The Kier molecular flexibility index (Phi) is 4.74. The summed E-state index contributed by atoms with van der Waals surface area (Å²) in [5, 5.41) is 12.5. The molecule has 1 aromatic carbocycles. The Morgan fingerprint density at radius 2 is 2.06 bits per heavy atom. The maximum atomic E-state index is 9.01. The Labute approximate surface area is 109 Å². The fourth-order valence-corrected chi connectivity index (χ4v) is 2.51. The lowest BCUT2D eigenvalue weighted by Gasteiger charge is -2.24. The van der Waals surface area contributed by atoms with Gasteiger partial charge in [-0.3, -0.25) is 4.90 Å². The van der Waals surface area contributed by atoms with Gasteiger partial charge in [-0.2, -0.15) is 5.26 Å². The standard InChI is InChI=1S/C15H21N3/c1-13(18-8-4-5-9-18)11-17-12-15-7-3-2-6-14(15)10-16/h2-3,6-7,13,17H,4-5,8-9,11-12H2,1H3. The third kappa shape index (κ3) is 3.32. The summed E-state index contributed by atoms with van der Waals surface area (Å²) in [6, 6.07) is 10.6. The highest BCUT2D eigenvalue weighted by molar-refractivity contribution is 5.37. The second kappa shape index (κ2) is 6.53. The van der Waals surface area contributed by atoms with Gasteiger partial charge < -0.3 is 5.32 Å². The minimum Gasteiger partial charge on any atom is -0.311 e. The zero-order valence-electron chi connectivity index (χ0n) is 11.0. The van der Waals surface area contributed by atoms with E-state index >= 15 is 0 Å². The Morgan fingerprint density at radius 3 is 2.78 bits per heavy atom. The highest BCUT2D eigenvalue weighted by atomic mass is 15.2. The van der Waals surface area contributed by atoms with Crippen molar-refractivity contribution < 1.29 is 0 Å². The molecule has 1 saturated heterocycles. The van der Waals surface area contributed by atoms with Gasteiger partial charge in [0.25, 0.3) is 0 Å². The van der Waals surface area contributed by atoms with Crippen LogP contribution in [0.4, 0.5) is 0 Å². The van der Waals surface area contributed by atoms with Crippen LogP contribution in [0.15, 0.2) is 24.3 Å². The third-order valence-corrected chi connectivity index (χ3v) is 3.66. The Bertz CT molecular complexity index is 416. The van der Waals surface area contributed by atoms with E-state index in [0.717, 1.165) is 24.2 Å². The number of nitrogens with one attached hydrogen (secondary N) is 1. The van der Waals surface area contributed by atoms with Crippen molar-refractivity contribution in [3.63, 3.8) is 0 Å². The van der Waals surface area contributed by atoms with Gasteiger partial charge in [-0.25, -0.2) is 0 Å². The van der Waals surface area contributed by atoms with E-state index in [1.165, 1.54) is 25.9 Å². The van der Waals surface area contributed by atoms with Crippen LogP contribution in [0.3, 0.4) is 0 Å². The van der Waals surface area contributed by atoms with Gasteiger partial charge in [0.1, 0.15) is 0 Å². The summed E-state index contributed by atoms with van der Waals surface area (Å²) in [5.74, 6) is 0. The minimum absolute atomic E-state index is 0.585. The van der Waals surface area contributed by atoms with Crippen molar-refractivity contribution in [3.8, 4) is 6.07 Å². The monoisotopic (exact) mass is 243 g/mol. The predicted octanol–water partition coefficient (Wildman–Crippen LogP) is 2.13. The molecule has 3 nitrogen and oxygen atoms in total. The van der Waals surface area contributed by atoms with E-state index in [1.54, 1.807) is 0 Å². The first-order chi connectivity index (χ1) is 8.81. The van der Waals surface area contributed by atoms with Crippen molar-refractivity contribution in [3.05, 3.63) is 35.4 Å². The second-order valence-electron chi connectivity index (χ2n) is 4.99. The maximum absolute atomic E-state index is 9.01. The first-order valence-electron chi connectivity index (χ1n) is 6.74. The van der Waals surface area contributed by atoms with E-state index in [0.29, 0.717) is 6.04 Å². The van der Waals surface area contributed by atoms with Crippen molar-refractivity contribution in [1.29, 1.82) is 5.26 Å². The molecular formula is C15H21N3. The van der Waals surface area contributed by atoms with Crippen LogP contribution < -0.4 is 5.32 Å². The lowest BCUT2D eigenvalue weighted by atomic mass is 10.1. The van der Waals surface area contributed by atoms with Crippen LogP contribution in [0.25, 0.3) is 0 Å². The summed E-state index contributed by atoms with van der Waals surface area (Å²) >= 11 is 0. The van der Waals surface area contributed by atoms with Gasteiger partial charge >= 0.3 is 0 Å². The molecule has 3 heteroatoms. The quantitative estimate of drug-likeness (QED) is 0.861.